The minimum absolute atomic E-state index is 0.00641. The molecule has 0 unspecified atom stereocenters. The van der Waals surface area contributed by atoms with E-state index < -0.39 is 27.9 Å². The van der Waals surface area contributed by atoms with Gasteiger partial charge in [-0.3, -0.25) is 4.90 Å². The van der Waals surface area contributed by atoms with Crippen LogP contribution in [0.1, 0.15) is 12.0 Å². The van der Waals surface area contributed by atoms with Crippen LogP contribution in [0.25, 0.3) is 5.57 Å². The third-order valence-corrected chi connectivity index (χ3v) is 6.33. The van der Waals surface area contributed by atoms with E-state index in [2.05, 4.69) is 10.3 Å². The molecule has 0 bridgehead atoms. The van der Waals surface area contributed by atoms with Gasteiger partial charge in [-0.25, -0.2) is 22.3 Å². The molecule has 0 N–H and O–H groups in total. The third kappa shape index (κ3) is 3.88. The van der Waals surface area contributed by atoms with Crippen molar-refractivity contribution in [3.63, 3.8) is 0 Å². The molecule has 0 spiro atoms. The maximum absolute atomic E-state index is 14.6. The highest BCUT2D eigenvalue weighted by atomic mass is 35.5. The molecular formula is C17H16ClFN4O4S. The van der Waals surface area contributed by atoms with Crippen LogP contribution in [0.3, 0.4) is 0 Å². The molecule has 28 heavy (non-hydrogen) atoms. The number of amides is 1. The number of aromatic nitrogens is 3. The number of sulfone groups is 1. The first-order valence-corrected chi connectivity index (χ1v) is 10.7. The van der Waals surface area contributed by atoms with Crippen LogP contribution in [-0.2, 0) is 21.1 Å². The molecule has 11 heteroatoms. The molecule has 8 nitrogen and oxygen atoms in total. The van der Waals surface area contributed by atoms with Crippen molar-refractivity contribution in [1.82, 2.24) is 15.0 Å². The predicted molar refractivity (Wildman–Crippen MR) is 100 cm³/mol. The van der Waals surface area contributed by atoms with E-state index in [0.29, 0.717) is 16.8 Å². The van der Waals surface area contributed by atoms with Crippen LogP contribution in [-0.4, -0.2) is 53.7 Å². The van der Waals surface area contributed by atoms with Crippen molar-refractivity contribution in [3.05, 3.63) is 47.0 Å². The average Bonchev–Trinajstić information content (AvgIpc) is 3.21. The number of hydrogen-bond acceptors (Lipinski definition) is 6. The summed E-state index contributed by atoms with van der Waals surface area (Å²) in [5, 5.41) is 7.71. The van der Waals surface area contributed by atoms with Crippen molar-refractivity contribution in [3.8, 4) is 0 Å². The quantitative estimate of drug-likeness (QED) is 0.744. The number of hydrogen-bond donors (Lipinski definition) is 0. The molecule has 2 aliphatic rings. The van der Waals surface area contributed by atoms with Crippen LogP contribution in [0.4, 0.5) is 14.9 Å². The van der Waals surface area contributed by atoms with Crippen molar-refractivity contribution in [2.75, 3.05) is 23.0 Å². The summed E-state index contributed by atoms with van der Waals surface area (Å²) in [4.78, 5) is 13.5. The van der Waals surface area contributed by atoms with Crippen LogP contribution in [0.2, 0.25) is 5.15 Å². The monoisotopic (exact) mass is 426 g/mol. The van der Waals surface area contributed by atoms with Crippen LogP contribution in [0.5, 0.6) is 0 Å². The first-order valence-electron chi connectivity index (χ1n) is 8.54. The molecule has 2 aliphatic heterocycles. The normalized spacial score (nSPS) is 21.5. The highest BCUT2D eigenvalue weighted by Gasteiger charge is 2.33. The second-order valence-corrected chi connectivity index (χ2v) is 9.25. The van der Waals surface area contributed by atoms with Gasteiger partial charge in [-0.05, 0) is 30.2 Å². The van der Waals surface area contributed by atoms with Gasteiger partial charge in [0.15, 0.2) is 15.0 Å². The number of halogens is 2. The minimum Gasteiger partial charge on any atom is -0.442 e. The summed E-state index contributed by atoms with van der Waals surface area (Å²) in [5.41, 5.74) is 1.37. The van der Waals surface area contributed by atoms with Crippen molar-refractivity contribution >= 4 is 38.8 Å². The number of ether oxygens (including phenoxy) is 1. The number of nitrogens with zero attached hydrogens (tertiary/aromatic N) is 4. The Hall–Kier alpha value is -2.46. The van der Waals surface area contributed by atoms with Gasteiger partial charge in [-0.15, -0.1) is 5.10 Å². The fourth-order valence-electron chi connectivity index (χ4n) is 3.26. The molecule has 1 atom stereocenters. The molecule has 1 amide bonds. The molecule has 148 valence electrons. The van der Waals surface area contributed by atoms with Gasteiger partial charge < -0.3 is 4.74 Å². The maximum atomic E-state index is 14.6. The van der Waals surface area contributed by atoms with Crippen LogP contribution in [0, 0.1) is 5.82 Å². The molecule has 2 aromatic rings. The second kappa shape index (κ2) is 7.17. The number of benzene rings is 1. The zero-order valence-electron chi connectivity index (χ0n) is 14.6. The molecule has 4 rings (SSSR count). The first kappa shape index (κ1) is 18.9. The van der Waals surface area contributed by atoms with Crippen LogP contribution in [0.15, 0.2) is 30.5 Å². The zero-order valence-corrected chi connectivity index (χ0v) is 16.2. The van der Waals surface area contributed by atoms with E-state index in [1.165, 1.54) is 21.8 Å². The van der Waals surface area contributed by atoms with E-state index in [-0.39, 0.29) is 36.2 Å². The summed E-state index contributed by atoms with van der Waals surface area (Å²) in [5.74, 6) is -0.593. The van der Waals surface area contributed by atoms with Crippen LogP contribution < -0.4 is 4.90 Å². The lowest BCUT2D eigenvalue weighted by Gasteiger charge is -2.17. The largest absolute Gasteiger partial charge is 0.442 e. The summed E-state index contributed by atoms with van der Waals surface area (Å²) in [6.07, 6.45) is 2.28. The highest BCUT2D eigenvalue weighted by Crippen LogP contribution is 2.30. The molecule has 0 aliphatic carbocycles. The lowest BCUT2D eigenvalue weighted by Crippen LogP contribution is -2.26. The Morgan fingerprint density at radius 1 is 1.36 bits per heavy atom. The Kier molecular flexibility index (Phi) is 4.84. The fraction of sp³-hybridized carbons (Fsp3) is 0.353. The zero-order chi connectivity index (χ0) is 19.9. The van der Waals surface area contributed by atoms with Crippen molar-refractivity contribution in [1.29, 1.82) is 0 Å². The van der Waals surface area contributed by atoms with Gasteiger partial charge in [-0.2, -0.15) is 0 Å². The number of allylic oxidation sites excluding steroid dienone is 1. The summed E-state index contributed by atoms with van der Waals surface area (Å²) in [6.45, 7) is 0.514. The third-order valence-electron chi connectivity index (χ3n) is 4.65. The van der Waals surface area contributed by atoms with Crippen molar-refractivity contribution in [2.45, 2.75) is 19.1 Å². The molecule has 1 saturated heterocycles. The summed E-state index contributed by atoms with van der Waals surface area (Å²) >= 11 is 5.72. The van der Waals surface area contributed by atoms with E-state index >= 15 is 0 Å². The molecule has 1 fully saturated rings. The van der Waals surface area contributed by atoms with Gasteiger partial charge in [0, 0.05) is 5.56 Å². The topological polar surface area (TPSA) is 94.4 Å². The van der Waals surface area contributed by atoms with Gasteiger partial charge in [0.1, 0.15) is 11.9 Å². The Balaban J connectivity index is 1.49. The minimum atomic E-state index is -3.08. The van der Waals surface area contributed by atoms with Gasteiger partial charge >= 0.3 is 6.09 Å². The Bertz CT molecular complexity index is 1070. The first-order chi connectivity index (χ1) is 13.3. The number of anilines is 1. The van der Waals surface area contributed by atoms with E-state index in [4.69, 9.17) is 16.3 Å². The molecule has 0 radical (unpaired) electrons. The lowest BCUT2D eigenvalue weighted by molar-refractivity contribution is 0.129. The van der Waals surface area contributed by atoms with E-state index in [0.717, 1.165) is 0 Å². The molecular weight excluding hydrogens is 411 g/mol. The predicted octanol–water partition coefficient (Wildman–Crippen LogP) is 2.30. The van der Waals surface area contributed by atoms with Crippen LogP contribution >= 0.6 is 11.6 Å². The summed E-state index contributed by atoms with van der Waals surface area (Å²) in [6, 6.07) is 4.44. The number of rotatable bonds is 4. The molecule has 1 aromatic heterocycles. The maximum Gasteiger partial charge on any atom is 0.414 e. The Labute approximate surface area is 165 Å². The van der Waals surface area contributed by atoms with Crippen molar-refractivity contribution in [2.24, 2.45) is 0 Å². The lowest BCUT2D eigenvalue weighted by atomic mass is 10.0. The van der Waals surface area contributed by atoms with Crippen molar-refractivity contribution < 1.29 is 22.3 Å². The van der Waals surface area contributed by atoms with Gasteiger partial charge in [0.25, 0.3) is 0 Å². The average molecular weight is 427 g/mol. The smallest absolute Gasteiger partial charge is 0.414 e. The number of carbonyl (C=O) groups excluding carboxylic acids is 1. The van der Waals surface area contributed by atoms with E-state index in [1.54, 1.807) is 18.2 Å². The Morgan fingerprint density at radius 3 is 2.82 bits per heavy atom. The standard InChI is InChI=1S/C17H16ClFN4O4S/c18-16-10-22(21-20-16)8-13-9-23(17(24)27-13)12-1-2-14(15(19)7-12)11-3-5-28(25,26)6-4-11/h1-3,7,10,13H,4-6,8-9H2/t13-/m0/s1. The molecule has 3 heterocycles. The SMILES string of the molecule is O=C1O[C@@H](Cn2cc(Cl)nn2)CN1c1ccc(C2=CCS(=O)(=O)CC2)c(F)c1. The summed E-state index contributed by atoms with van der Waals surface area (Å²) < 4.78 is 44.5. The number of carbonyl (C=O) groups is 1. The van der Waals surface area contributed by atoms with Gasteiger partial charge in [0.05, 0.1) is 36.5 Å². The summed E-state index contributed by atoms with van der Waals surface area (Å²) in [7, 11) is -3.08. The molecule has 1 aromatic carbocycles. The van der Waals surface area contributed by atoms with Gasteiger partial charge in [-0.1, -0.05) is 22.9 Å². The highest BCUT2D eigenvalue weighted by molar-refractivity contribution is 7.91. The number of cyclic esters (lactones) is 1. The fourth-order valence-corrected chi connectivity index (χ4v) is 4.55. The second-order valence-electron chi connectivity index (χ2n) is 6.64. The van der Waals surface area contributed by atoms with Gasteiger partial charge in [0.2, 0.25) is 0 Å². The Morgan fingerprint density at radius 2 is 2.18 bits per heavy atom. The van der Waals surface area contributed by atoms with E-state index in [1.807, 2.05) is 0 Å². The molecule has 0 saturated carbocycles. The van der Waals surface area contributed by atoms with E-state index in [9.17, 15) is 17.6 Å².